The first-order chi connectivity index (χ1) is 9.71. The highest BCUT2D eigenvalue weighted by Gasteiger charge is 2.29. The molecule has 106 valence electrons. The van der Waals surface area contributed by atoms with Crippen molar-refractivity contribution in [2.75, 3.05) is 13.7 Å². The Labute approximate surface area is 123 Å². The molecule has 0 saturated heterocycles. The monoisotopic (exact) mass is 289 g/mol. The van der Waals surface area contributed by atoms with E-state index in [0.717, 1.165) is 29.5 Å². The van der Waals surface area contributed by atoms with Crippen molar-refractivity contribution in [3.8, 4) is 5.75 Å². The number of methoxy groups -OCH3 is 1. The molecule has 2 heterocycles. The molecule has 3 rings (SSSR count). The third-order valence-corrected chi connectivity index (χ3v) is 4.71. The SMILES string of the molecule is COc1ccc2c(c1)C(CN)N(Cc1nc(C)cs1)C2. The quantitative estimate of drug-likeness (QED) is 0.939. The number of aryl methyl sites for hydroxylation is 1. The average molecular weight is 289 g/mol. The van der Waals surface area contributed by atoms with Gasteiger partial charge in [-0.05, 0) is 30.2 Å². The number of fused-ring (bicyclic) bond motifs is 1. The van der Waals surface area contributed by atoms with Crippen LogP contribution in [0.4, 0.5) is 0 Å². The highest BCUT2D eigenvalue weighted by molar-refractivity contribution is 7.09. The van der Waals surface area contributed by atoms with Crippen LogP contribution in [0.3, 0.4) is 0 Å². The molecule has 1 aliphatic heterocycles. The molecule has 2 N–H and O–H groups in total. The van der Waals surface area contributed by atoms with Crippen LogP contribution in [-0.2, 0) is 13.1 Å². The molecule has 0 amide bonds. The van der Waals surface area contributed by atoms with Gasteiger partial charge in [0.2, 0.25) is 0 Å². The van der Waals surface area contributed by atoms with Crippen LogP contribution in [-0.4, -0.2) is 23.5 Å². The van der Waals surface area contributed by atoms with Crippen LogP contribution in [0.2, 0.25) is 0 Å². The Bertz CT molecular complexity index is 611. The highest BCUT2D eigenvalue weighted by Crippen LogP contribution is 2.36. The van der Waals surface area contributed by atoms with E-state index in [4.69, 9.17) is 10.5 Å². The van der Waals surface area contributed by atoms with E-state index in [1.54, 1.807) is 18.4 Å². The summed E-state index contributed by atoms with van der Waals surface area (Å²) >= 11 is 1.72. The zero-order valence-electron chi connectivity index (χ0n) is 11.8. The summed E-state index contributed by atoms with van der Waals surface area (Å²) in [4.78, 5) is 6.94. The van der Waals surface area contributed by atoms with Gasteiger partial charge < -0.3 is 10.5 Å². The Morgan fingerprint density at radius 3 is 3.00 bits per heavy atom. The Balaban J connectivity index is 1.84. The molecule has 0 aliphatic carbocycles. The van der Waals surface area contributed by atoms with Gasteiger partial charge in [-0.3, -0.25) is 4.90 Å². The molecule has 1 aliphatic rings. The van der Waals surface area contributed by atoms with Crippen LogP contribution in [0.15, 0.2) is 23.6 Å². The first-order valence-electron chi connectivity index (χ1n) is 6.73. The predicted octanol–water partition coefficient (Wildman–Crippen LogP) is 2.48. The number of nitrogens with zero attached hydrogens (tertiary/aromatic N) is 2. The van der Waals surface area contributed by atoms with Gasteiger partial charge in [0, 0.05) is 30.2 Å². The Hall–Kier alpha value is -1.43. The van der Waals surface area contributed by atoms with E-state index in [1.807, 2.05) is 13.0 Å². The van der Waals surface area contributed by atoms with E-state index < -0.39 is 0 Å². The third-order valence-electron chi connectivity index (χ3n) is 3.75. The summed E-state index contributed by atoms with van der Waals surface area (Å²) in [7, 11) is 1.70. The smallest absolute Gasteiger partial charge is 0.119 e. The van der Waals surface area contributed by atoms with Gasteiger partial charge in [-0.15, -0.1) is 11.3 Å². The number of rotatable bonds is 4. The lowest BCUT2D eigenvalue weighted by molar-refractivity contribution is 0.210. The molecule has 0 saturated carbocycles. The molecule has 0 spiro atoms. The fourth-order valence-corrected chi connectivity index (χ4v) is 3.57. The predicted molar refractivity (Wildman–Crippen MR) is 80.9 cm³/mol. The molecular formula is C15H19N3OS. The largest absolute Gasteiger partial charge is 0.497 e. The maximum absolute atomic E-state index is 5.99. The third kappa shape index (κ3) is 2.44. The van der Waals surface area contributed by atoms with Crippen molar-refractivity contribution >= 4 is 11.3 Å². The van der Waals surface area contributed by atoms with Crippen molar-refractivity contribution in [2.24, 2.45) is 5.73 Å². The molecule has 2 aromatic rings. The van der Waals surface area contributed by atoms with Crippen LogP contribution in [0.5, 0.6) is 5.75 Å². The molecule has 4 nitrogen and oxygen atoms in total. The number of ether oxygens (including phenoxy) is 1. The summed E-state index contributed by atoms with van der Waals surface area (Å²) in [6.07, 6.45) is 0. The topological polar surface area (TPSA) is 51.4 Å². The van der Waals surface area contributed by atoms with E-state index in [0.29, 0.717) is 6.54 Å². The molecule has 1 unspecified atom stereocenters. The Morgan fingerprint density at radius 1 is 1.50 bits per heavy atom. The van der Waals surface area contributed by atoms with Gasteiger partial charge in [0.25, 0.3) is 0 Å². The van der Waals surface area contributed by atoms with Crippen molar-refractivity contribution in [1.29, 1.82) is 0 Å². The maximum Gasteiger partial charge on any atom is 0.119 e. The van der Waals surface area contributed by atoms with Gasteiger partial charge in [0.1, 0.15) is 10.8 Å². The lowest BCUT2D eigenvalue weighted by Crippen LogP contribution is -2.27. The number of hydrogen-bond donors (Lipinski definition) is 1. The summed E-state index contributed by atoms with van der Waals surface area (Å²) in [5, 5.41) is 3.25. The van der Waals surface area contributed by atoms with Gasteiger partial charge >= 0.3 is 0 Å². The second kappa shape index (κ2) is 5.52. The van der Waals surface area contributed by atoms with Gasteiger partial charge in [0.05, 0.1) is 13.7 Å². The number of nitrogens with two attached hydrogens (primary N) is 1. The minimum absolute atomic E-state index is 0.254. The number of hydrogen-bond acceptors (Lipinski definition) is 5. The summed E-state index contributed by atoms with van der Waals surface area (Å²) in [6, 6.07) is 6.53. The first-order valence-corrected chi connectivity index (χ1v) is 7.61. The van der Waals surface area contributed by atoms with E-state index in [1.165, 1.54) is 11.1 Å². The standard InChI is InChI=1S/C15H19N3OS/c1-10-9-20-15(17-10)8-18-7-11-3-4-12(19-2)5-13(11)14(18)6-16/h3-5,9,14H,6-8,16H2,1-2H3. The summed E-state index contributed by atoms with van der Waals surface area (Å²) in [5.74, 6) is 0.897. The van der Waals surface area contributed by atoms with Crippen LogP contribution in [0.25, 0.3) is 0 Å². The van der Waals surface area contributed by atoms with Crippen molar-refractivity contribution < 1.29 is 4.74 Å². The van der Waals surface area contributed by atoms with E-state index in [9.17, 15) is 0 Å². The molecule has 5 heteroatoms. The summed E-state index contributed by atoms with van der Waals surface area (Å²) in [6.45, 7) is 4.44. The van der Waals surface area contributed by atoms with Crippen LogP contribution in [0, 0.1) is 6.92 Å². The summed E-state index contributed by atoms with van der Waals surface area (Å²) < 4.78 is 5.32. The van der Waals surface area contributed by atoms with E-state index in [-0.39, 0.29) is 6.04 Å². The number of benzene rings is 1. The second-order valence-electron chi connectivity index (χ2n) is 5.10. The normalized spacial score (nSPS) is 18.2. The second-order valence-corrected chi connectivity index (χ2v) is 6.05. The molecular weight excluding hydrogens is 270 g/mol. The van der Waals surface area contributed by atoms with Gasteiger partial charge in [-0.1, -0.05) is 6.07 Å². The van der Waals surface area contributed by atoms with Gasteiger partial charge in [0.15, 0.2) is 0 Å². The van der Waals surface area contributed by atoms with Crippen molar-refractivity contribution in [2.45, 2.75) is 26.1 Å². The van der Waals surface area contributed by atoms with E-state index in [2.05, 4.69) is 27.4 Å². The molecule has 1 aromatic heterocycles. The minimum Gasteiger partial charge on any atom is -0.497 e. The summed E-state index contributed by atoms with van der Waals surface area (Å²) in [5.41, 5.74) is 9.71. The fourth-order valence-electron chi connectivity index (χ4n) is 2.77. The highest BCUT2D eigenvalue weighted by atomic mass is 32.1. The first kappa shape index (κ1) is 13.5. The lowest BCUT2D eigenvalue weighted by Gasteiger charge is -2.22. The van der Waals surface area contributed by atoms with Crippen molar-refractivity contribution in [3.63, 3.8) is 0 Å². The Morgan fingerprint density at radius 2 is 2.35 bits per heavy atom. The van der Waals surface area contributed by atoms with E-state index >= 15 is 0 Å². The van der Waals surface area contributed by atoms with Gasteiger partial charge in [-0.2, -0.15) is 0 Å². The number of aromatic nitrogens is 1. The zero-order valence-corrected chi connectivity index (χ0v) is 12.6. The lowest BCUT2D eigenvalue weighted by atomic mass is 10.0. The molecule has 1 atom stereocenters. The van der Waals surface area contributed by atoms with Crippen molar-refractivity contribution in [3.05, 3.63) is 45.4 Å². The molecule has 0 bridgehead atoms. The maximum atomic E-state index is 5.99. The zero-order chi connectivity index (χ0) is 14.1. The Kier molecular flexibility index (Phi) is 3.74. The number of thiazole rings is 1. The minimum atomic E-state index is 0.254. The molecule has 20 heavy (non-hydrogen) atoms. The van der Waals surface area contributed by atoms with Crippen LogP contribution in [0.1, 0.15) is 27.9 Å². The molecule has 1 aromatic carbocycles. The van der Waals surface area contributed by atoms with Crippen LogP contribution >= 0.6 is 11.3 Å². The molecule has 0 radical (unpaired) electrons. The molecule has 0 fully saturated rings. The average Bonchev–Trinajstić information content (AvgIpc) is 3.01. The fraction of sp³-hybridized carbons (Fsp3) is 0.400. The van der Waals surface area contributed by atoms with Crippen molar-refractivity contribution in [1.82, 2.24) is 9.88 Å². The van der Waals surface area contributed by atoms with Gasteiger partial charge in [-0.25, -0.2) is 4.98 Å². The van der Waals surface area contributed by atoms with Crippen LogP contribution < -0.4 is 10.5 Å².